The molecule has 0 atom stereocenters. The van der Waals surface area contributed by atoms with Gasteiger partial charge in [-0.3, -0.25) is 0 Å². The number of carbonyl (C=O) groups excluding carboxylic acids is 1. The number of rotatable bonds is 3. The summed E-state index contributed by atoms with van der Waals surface area (Å²) >= 11 is 0. The Morgan fingerprint density at radius 2 is 1.95 bits per heavy atom. The van der Waals surface area contributed by atoms with Crippen molar-refractivity contribution in [3.05, 3.63) is 29.5 Å². The summed E-state index contributed by atoms with van der Waals surface area (Å²) in [7, 11) is 3.08. The zero-order valence-corrected chi connectivity index (χ0v) is 12.6. The molecular formula is C17H21NO3. The van der Waals surface area contributed by atoms with Crippen molar-refractivity contribution in [3.8, 4) is 5.75 Å². The first-order valence-corrected chi connectivity index (χ1v) is 7.52. The molecule has 0 saturated heterocycles. The van der Waals surface area contributed by atoms with E-state index < -0.39 is 0 Å². The number of aromatic amines is 1. The van der Waals surface area contributed by atoms with E-state index in [-0.39, 0.29) is 5.97 Å². The van der Waals surface area contributed by atoms with Crippen molar-refractivity contribution in [2.24, 2.45) is 0 Å². The number of esters is 1. The smallest absolute Gasteiger partial charge is 0.354 e. The molecule has 1 aliphatic rings. The van der Waals surface area contributed by atoms with Gasteiger partial charge in [0.05, 0.1) is 19.7 Å². The Morgan fingerprint density at radius 1 is 1.19 bits per heavy atom. The van der Waals surface area contributed by atoms with Crippen LogP contribution in [0.2, 0.25) is 0 Å². The van der Waals surface area contributed by atoms with Crippen LogP contribution in [0.3, 0.4) is 0 Å². The number of benzene rings is 1. The Labute approximate surface area is 124 Å². The van der Waals surface area contributed by atoms with E-state index in [2.05, 4.69) is 4.98 Å². The summed E-state index contributed by atoms with van der Waals surface area (Å²) in [6.07, 6.45) is 6.04. The normalized spacial score (nSPS) is 16.1. The summed E-state index contributed by atoms with van der Waals surface area (Å²) in [5.41, 5.74) is 2.67. The largest absolute Gasteiger partial charge is 0.497 e. The fourth-order valence-corrected chi connectivity index (χ4v) is 3.40. The van der Waals surface area contributed by atoms with Crippen molar-refractivity contribution >= 4 is 16.9 Å². The number of ether oxygens (including phenoxy) is 2. The average molecular weight is 287 g/mol. The molecule has 1 fully saturated rings. The van der Waals surface area contributed by atoms with Crippen LogP contribution >= 0.6 is 0 Å². The lowest BCUT2D eigenvalue weighted by atomic mass is 9.82. The van der Waals surface area contributed by atoms with Crippen LogP contribution in [0, 0.1) is 0 Å². The van der Waals surface area contributed by atoms with Crippen molar-refractivity contribution in [1.29, 1.82) is 0 Å². The van der Waals surface area contributed by atoms with E-state index in [0.29, 0.717) is 11.6 Å². The molecule has 0 spiro atoms. The number of carbonyl (C=O) groups is 1. The van der Waals surface area contributed by atoms with Crippen LogP contribution < -0.4 is 4.74 Å². The van der Waals surface area contributed by atoms with Gasteiger partial charge in [-0.15, -0.1) is 0 Å². The summed E-state index contributed by atoms with van der Waals surface area (Å²) in [5, 5.41) is 1.11. The molecule has 2 aromatic rings. The number of hydrogen-bond donors (Lipinski definition) is 1. The number of fused-ring (bicyclic) bond motifs is 1. The second-order valence-electron chi connectivity index (χ2n) is 5.65. The molecular weight excluding hydrogens is 266 g/mol. The highest BCUT2D eigenvalue weighted by Crippen LogP contribution is 2.39. The second-order valence-corrected chi connectivity index (χ2v) is 5.65. The Balaban J connectivity index is 2.15. The Bertz CT molecular complexity index is 653. The summed E-state index contributed by atoms with van der Waals surface area (Å²) in [6, 6.07) is 5.93. The van der Waals surface area contributed by atoms with Crippen LogP contribution in [0.4, 0.5) is 0 Å². The van der Waals surface area contributed by atoms with Crippen molar-refractivity contribution < 1.29 is 14.3 Å². The average Bonchev–Trinajstić information content (AvgIpc) is 2.93. The lowest BCUT2D eigenvalue weighted by Gasteiger charge is -2.22. The van der Waals surface area contributed by atoms with Gasteiger partial charge in [0.1, 0.15) is 11.4 Å². The molecule has 0 radical (unpaired) electrons. The van der Waals surface area contributed by atoms with Crippen molar-refractivity contribution in [2.45, 2.75) is 38.0 Å². The van der Waals surface area contributed by atoms with E-state index >= 15 is 0 Å². The van der Waals surface area contributed by atoms with E-state index in [1.165, 1.54) is 26.4 Å². The molecule has 1 aromatic heterocycles. The van der Waals surface area contributed by atoms with Crippen molar-refractivity contribution in [1.82, 2.24) is 4.98 Å². The highest BCUT2D eigenvalue weighted by atomic mass is 16.5. The molecule has 0 bridgehead atoms. The first kappa shape index (κ1) is 14.0. The van der Waals surface area contributed by atoms with E-state index in [1.54, 1.807) is 7.11 Å². The number of methoxy groups -OCH3 is 2. The summed E-state index contributed by atoms with van der Waals surface area (Å²) in [4.78, 5) is 15.3. The fraction of sp³-hybridized carbons (Fsp3) is 0.471. The van der Waals surface area contributed by atoms with Crippen molar-refractivity contribution in [2.75, 3.05) is 14.2 Å². The van der Waals surface area contributed by atoms with E-state index in [1.807, 2.05) is 18.2 Å². The zero-order chi connectivity index (χ0) is 14.8. The molecule has 4 nitrogen and oxygen atoms in total. The monoisotopic (exact) mass is 287 g/mol. The zero-order valence-electron chi connectivity index (χ0n) is 12.6. The first-order chi connectivity index (χ1) is 10.2. The number of H-pyrrole nitrogens is 1. The van der Waals surface area contributed by atoms with Gasteiger partial charge in [-0.2, -0.15) is 0 Å². The Morgan fingerprint density at radius 3 is 2.62 bits per heavy atom. The molecule has 4 heteroatoms. The van der Waals surface area contributed by atoms with Crippen LogP contribution in [0.1, 0.15) is 54.1 Å². The Kier molecular flexibility index (Phi) is 3.86. The van der Waals surface area contributed by atoms with Gasteiger partial charge in [-0.25, -0.2) is 4.79 Å². The van der Waals surface area contributed by atoms with Crippen LogP contribution in [-0.4, -0.2) is 25.2 Å². The standard InChI is InChI=1S/C17H21NO3/c1-20-12-8-9-13-14(10-12)18-16(17(19)21-2)15(13)11-6-4-3-5-7-11/h8-11,18H,3-7H2,1-2H3. The number of aromatic nitrogens is 1. The quantitative estimate of drug-likeness (QED) is 0.868. The maximum Gasteiger partial charge on any atom is 0.354 e. The fourth-order valence-electron chi connectivity index (χ4n) is 3.40. The molecule has 1 N–H and O–H groups in total. The minimum Gasteiger partial charge on any atom is -0.497 e. The predicted molar refractivity (Wildman–Crippen MR) is 82.0 cm³/mol. The molecule has 0 aliphatic heterocycles. The van der Waals surface area contributed by atoms with Crippen LogP contribution in [0.5, 0.6) is 5.75 Å². The third-order valence-electron chi connectivity index (χ3n) is 4.45. The van der Waals surface area contributed by atoms with Gasteiger partial charge < -0.3 is 14.5 Å². The molecule has 0 amide bonds. The Hall–Kier alpha value is -1.97. The maximum atomic E-state index is 12.1. The minimum atomic E-state index is -0.286. The summed E-state index contributed by atoms with van der Waals surface area (Å²) in [5.74, 6) is 0.941. The molecule has 1 aromatic carbocycles. The van der Waals surface area contributed by atoms with Gasteiger partial charge in [0.2, 0.25) is 0 Å². The van der Waals surface area contributed by atoms with Gasteiger partial charge in [-0.05, 0) is 36.5 Å². The van der Waals surface area contributed by atoms with Gasteiger partial charge in [-0.1, -0.05) is 19.3 Å². The SMILES string of the molecule is COC(=O)c1[nH]c2cc(OC)ccc2c1C1CCCCC1. The van der Waals surface area contributed by atoms with Gasteiger partial charge >= 0.3 is 5.97 Å². The van der Waals surface area contributed by atoms with Crippen LogP contribution in [0.15, 0.2) is 18.2 Å². The molecule has 0 unspecified atom stereocenters. The molecule has 1 heterocycles. The van der Waals surface area contributed by atoms with Crippen molar-refractivity contribution in [3.63, 3.8) is 0 Å². The molecule has 3 rings (SSSR count). The van der Waals surface area contributed by atoms with Crippen LogP contribution in [-0.2, 0) is 4.74 Å². The highest BCUT2D eigenvalue weighted by molar-refractivity contribution is 5.99. The maximum absolute atomic E-state index is 12.1. The number of hydrogen-bond acceptors (Lipinski definition) is 3. The first-order valence-electron chi connectivity index (χ1n) is 7.52. The lowest BCUT2D eigenvalue weighted by molar-refractivity contribution is 0.0593. The molecule has 1 aliphatic carbocycles. The third kappa shape index (κ3) is 2.50. The van der Waals surface area contributed by atoms with E-state index in [4.69, 9.17) is 9.47 Å². The lowest BCUT2D eigenvalue weighted by Crippen LogP contribution is -2.11. The summed E-state index contributed by atoms with van der Waals surface area (Å²) in [6.45, 7) is 0. The molecule has 1 saturated carbocycles. The topological polar surface area (TPSA) is 51.3 Å². The van der Waals surface area contributed by atoms with E-state index in [9.17, 15) is 4.79 Å². The van der Waals surface area contributed by atoms with Crippen LogP contribution in [0.25, 0.3) is 10.9 Å². The predicted octanol–water partition coefficient (Wildman–Crippen LogP) is 4.01. The highest BCUT2D eigenvalue weighted by Gasteiger charge is 2.26. The molecule has 112 valence electrons. The van der Waals surface area contributed by atoms with E-state index in [0.717, 1.165) is 35.1 Å². The minimum absolute atomic E-state index is 0.286. The van der Waals surface area contributed by atoms with Gasteiger partial charge in [0.15, 0.2) is 0 Å². The molecule has 21 heavy (non-hydrogen) atoms. The third-order valence-corrected chi connectivity index (χ3v) is 4.45. The summed E-state index contributed by atoms with van der Waals surface area (Å²) < 4.78 is 10.2. The van der Waals surface area contributed by atoms with Gasteiger partial charge in [0.25, 0.3) is 0 Å². The second kappa shape index (κ2) is 5.80. The number of nitrogens with one attached hydrogen (secondary N) is 1. The van der Waals surface area contributed by atoms with Gasteiger partial charge in [0, 0.05) is 11.5 Å².